The van der Waals surface area contributed by atoms with Gasteiger partial charge in [0.2, 0.25) is 0 Å². The van der Waals surface area contributed by atoms with Gasteiger partial charge in [-0.1, -0.05) is 43.1 Å². The van der Waals surface area contributed by atoms with Gasteiger partial charge in [-0.15, -0.1) is 0 Å². The van der Waals surface area contributed by atoms with Gasteiger partial charge in [-0.3, -0.25) is 14.5 Å². The van der Waals surface area contributed by atoms with Gasteiger partial charge in [0.05, 0.1) is 28.3 Å². The number of halogens is 3. The summed E-state index contributed by atoms with van der Waals surface area (Å²) in [6, 6.07) is 15.5. The standard InChI is InChI=1S/C27H22Cl2FNO4/c1-15(2)14-35-20-10-3-16(4-11-20)25(32)23-24(17-5-12-21(28)22(29)13-17)31(27(34)26(23)33)19-8-6-18(30)7-9-19/h3-13,15,24,32H,14H2,1-2H3/b25-23-. The number of carbonyl (C=O) groups is 2. The van der Waals surface area contributed by atoms with Gasteiger partial charge >= 0.3 is 0 Å². The Bertz CT molecular complexity index is 1300. The lowest BCUT2D eigenvalue weighted by Gasteiger charge is -2.25. The number of aliphatic hydroxyl groups excluding tert-OH is 1. The van der Waals surface area contributed by atoms with E-state index in [-0.39, 0.29) is 16.4 Å². The summed E-state index contributed by atoms with van der Waals surface area (Å²) < 4.78 is 19.2. The van der Waals surface area contributed by atoms with Crippen molar-refractivity contribution < 1.29 is 23.8 Å². The fourth-order valence-corrected chi connectivity index (χ4v) is 4.13. The number of ketones is 1. The van der Waals surface area contributed by atoms with Gasteiger partial charge in [-0.05, 0) is 72.1 Å². The predicted octanol–water partition coefficient (Wildman–Crippen LogP) is 6.79. The molecular formula is C27H22Cl2FNO4. The van der Waals surface area contributed by atoms with Crippen LogP contribution in [-0.2, 0) is 9.59 Å². The van der Waals surface area contributed by atoms with Gasteiger partial charge in [-0.25, -0.2) is 4.39 Å². The molecule has 1 saturated heterocycles. The molecule has 0 aromatic heterocycles. The first-order valence-electron chi connectivity index (χ1n) is 10.9. The zero-order chi connectivity index (χ0) is 25.3. The van der Waals surface area contributed by atoms with E-state index in [2.05, 4.69) is 0 Å². The Labute approximate surface area is 212 Å². The van der Waals surface area contributed by atoms with E-state index in [1.54, 1.807) is 36.4 Å². The van der Waals surface area contributed by atoms with Gasteiger partial charge < -0.3 is 9.84 Å². The molecule has 1 N–H and O–H groups in total. The molecular weight excluding hydrogens is 492 g/mol. The lowest BCUT2D eigenvalue weighted by molar-refractivity contribution is -0.132. The van der Waals surface area contributed by atoms with Crippen molar-refractivity contribution in [2.75, 3.05) is 11.5 Å². The zero-order valence-electron chi connectivity index (χ0n) is 19.0. The monoisotopic (exact) mass is 513 g/mol. The van der Waals surface area contributed by atoms with Crippen LogP contribution < -0.4 is 9.64 Å². The number of aliphatic hydroxyl groups is 1. The van der Waals surface area contributed by atoms with E-state index in [9.17, 15) is 19.1 Å². The number of ether oxygens (including phenoxy) is 1. The van der Waals surface area contributed by atoms with Crippen molar-refractivity contribution in [3.8, 4) is 5.75 Å². The molecule has 1 aliphatic rings. The van der Waals surface area contributed by atoms with Crippen molar-refractivity contribution in [2.45, 2.75) is 19.9 Å². The lowest BCUT2D eigenvalue weighted by Crippen LogP contribution is -2.29. The number of hydrogen-bond donors (Lipinski definition) is 1. The Morgan fingerprint density at radius 2 is 1.66 bits per heavy atom. The zero-order valence-corrected chi connectivity index (χ0v) is 20.5. The van der Waals surface area contributed by atoms with E-state index in [4.69, 9.17) is 27.9 Å². The number of amides is 1. The van der Waals surface area contributed by atoms with E-state index in [1.807, 2.05) is 13.8 Å². The number of anilines is 1. The topological polar surface area (TPSA) is 66.8 Å². The van der Waals surface area contributed by atoms with Crippen LogP contribution in [0.5, 0.6) is 5.75 Å². The highest BCUT2D eigenvalue weighted by molar-refractivity contribution is 6.51. The highest BCUT2D eigenvalue weighted by Gasteiger charge is 2.47. The van der Waals surface area contributed by atoms with E-state index in [0.717, 1.165) is 0 Å². The van der Waals surface area contributed by atoms with Crippen LogP contribution >= 0.6 is 23.2 Å². The van der Waals surface area contributed by atoms with Crippen molar-refractivity contribution in [3.63, 3.8) is 0 Å². The smallest absolute Gasteiger partial charge is 0.300 e. The van der Waals surface area contributed by atoms with E-state index in [1.165, 1.54) is 35.2 Å². The Morgan fingerprint density at radius 1 is 1.00 bits per heavy atom. The molecule has 0 radical (unpaired) electrons. The molecule has 4 rings (SSSR count). The summed E-state index contributed by atoms with van der Waals surface area (Å²) in [5, 5.41) is 11.7. The molecule has 0 spiro atoms. The maximum absolute atomic E-state index is 13.6. The van der Waals surface area contributed by atoms with Gasteiger partial charge in [-0.2, -0.15) is 0 Å². The second-order valence-corrected chi connectivity index (χ2v) is 9.36. The molecule has 0 aliphatic carbocycles. The van der Waals surface area contributed by atoms with Crippen LogP contribution in [0.25, 0.3) is 5.76 Å². The molecule has 3 aromatic carbocycles. The van der Waals surface area contributed by atoms with Crippen LogP contribution in [0.1, 0.15) is 31.0 Å². The summed E-state index contributed by atoms with van der Waals surface area (Å²) in [6.07, 6.45) is 0. The average molecular weight is 514 g/mol. The van der Waals surface area contributed by atoms with Gasteiger partial charge in [0, 0.05) is 11.3 Å². The van der Waals surface area contributed by atoms with Crippen molar-refractivity contribution in [1.82, 2.24) is 0 Å². The third-order valence-corrected chi connectivity index (χ3v) is 6.26. The normalized spacial score (nSPS) is 17.3. The number of rotatable bonds is 6. The molecule has 3 aromatic rings. The lowest BCUT2D eigenvalue weighted by atomic mass is 9.95. The third-order valence-electron chi connectivity index (χ3n) is 5.52. The molecule has 5 nitrogen and oxygen atoms in total. The van der Waals surface area contributed by atoms with Crippen LogP contribution in [0.3, 0.4) is 0 Å². The number of hydrogen-bond acceptors (Lipinski definition) is 4. The van der Waals surface area contributed by atoms with Crippen molar-refractivity contribution in [1.29, 1.82) is 0 Å². The van der Waals surface area contributed by atoms with Gasteiger partial charge in [0.15, 0.2) is 0 Å². The summed E-state index contributed by atoms with van der Waals surface area (Å²) in [4.78, 5) is 27.5. The van der Waals surface area contributed by atoms with Crippen LogP contribution in [0.15, 0.2) is 72.3 Å². The fourth-order valence-electron chi connectivity index (χ4n) is 3.83. The summed E-state index contributed by atoms with van der Waals surface area (Å²) in [5.41, 5.74) is 0.972. The predicted molar refractivity (Wildman–Crippen MR) is 134 cm³/mol. The first-order valence-corrected chi connectivity index (χ1v) is 11.7. The Balaban J connectivity index is 1.83. The maximum atomic E-state index is 13.6. The molecule has 1 atom stereocenters. The van der Waals surface area contributed by atoms with Crippen molar-refractivity contribution >= 4 is 46.3 Å². The molecule has 1 fully saturated rings. The highest BCUT2D eigenvalue weighted by atomic mass is 35.5. The Morgan fingerprint density at radius 3 is 2.26 bits per heavy atom. The summed E-state index contributed by atoms with van der Waals surface area (Å²) in [7, 11) is 0. The van der Waals surface area contributed by atoms with Crippen LogP contribution in [0.4, 0.5) is 10.1 Å². The SMILES string of the molecule is CC(C)COc1ccc(/C(O)=C2/C(=O)C(=O)N(c3ccc(F)cc3)C2c2ccc(Cl)c(Cl)c2)cc1. The van der Waals surface area contributed by atoms with E-state index < -0.39 is 23.5 Å². The van der Waals surface area contributed by atoms with Gasteiger partial charge in [0.1, 0.15) is 17.3 Å². The number of benzene rings is 3. The van der Waals surface area contributed by atoms with Crippen LogP contribution in [-0.4, -0.2) is 23.4 Å². The fraction of sp³-hybridized carbons (Fsp3) is 0.185. The molecule has 0 bridgehead atoms. The molecule has 35 heavy (non-hydrogen) atoms. The molecule has 1 unspecified atom stereocenters. The second kappa shape index (κ2) is 10.1. The number of carbonyl (C=O) groups excluding carboxylic acids is 2. The van der Waals surface area contributed by atoms with E-state index >= 15 is 0 Å². The van der Waals surface area contributed by atoms with Crippen molar-refractivity contribution in [3.05, 3.63) is 99.3 Å². The second-order valence-electron chi connectivity index (χ2n) is 8.55. The Hall–Kier alpha value is -3.35. The molecule has 8 heteroatoms. The van der Waals surface area contributed by atoms with Crippen LogP contribution in [0, 0.1) is 11.7 Å². The maximum Gasteiger partial charge on any atom is 0.300 e. The number of nitrogens with zero attached hydrogens (tertiary/aromatic N) is 1. The third kappa shape index (κ3) is 5.04. The van der Waals surface area contributed by atoms with E-state index in [0.29, 0.717) is 40.1 Å². The first-order chi connectivity index (χ1) is 16.7. The highest BCUT2D eigenvalue weighted by Crippen LogP contribution is 2.43. The Kier molecular flexibility index (Phi) is 7.15. The van der Waals surface area contributed by atoms with Crippen LogP contribution in [0.2, 0.25) is 10.0 Å². The largest absolute Gasteiger partial charge is 0.507 e. The average Bonchev–Trinajstić information content (AvgIpc) is 3.10. The molecule has 1 aliphatic heterocycles. The minimum atomic E-state index is -1.01. The minimum Gasteiger partial charge on any atom is -0.507 e. The molecule has 180 valence electrons. The number of Topliss-reactive ketones (excluding diaryl/α,β-unsaturated/α-hetero) is 1. The summed E-state index contributed by atoms with van der Waals surface area (Å²) in [6.45, 7) is 4.60. The van der Waals surface area contributed by atoms with Crippen molar-refractivity contribution in [2.24, 2.45) is 5.92 Å². The molecule has 0 saturated carbocycles. The minimum absolute atomic E-state index is 0.117. The first kappa shape index (κ1) is 24.8. The van der Waals surface area contributed by atoms with Gasteiger partial charge in [0.25, 0.3) is 11.7 Å². The summed E-state index contributed by atoms with van der Waals surface area (Å²) >= 11 is 12.3. The molecule has 1 heterocycles. The molecule has 1 amide bonds. The quantitative estimate of drug-likeness (QED) is 0.223. The summed E-state index contributed by atoms with van der Waals surface area (Å²) in [5.74, 6) is -1.61.